The van der Waals surface area contributed by atoms with Crippen LogP contribution < -0.4 is 9.47 Å². The number of nitrogens with zero attached hydrogens (tertiary/aromatic N) is 3. The lowest BCUT2D eigenvalue weighted by atomic mass is 10.2. The van der Waals surface area contributed by atoms with E-state index in [0.29, 0.717) is 43.8 Å². The molecule has 0 N–H and O–H groups in total. The molecular weight excluding hydrogens is 510 g/mol. The molecule has 170 valence electrons. The number of benzene rings is 2. The van der Waals surface area contributed by atoms with Crippen LogP contribution >= 0.6 is 27.7 Å². The van der Waals surface area contributed by atoms with Gasteiger partial charge < -0.3 is 14.2 Å². The Kier molecular flexibility index (Phi) is 8.14. The number of aliphatic imine (C=N–C) groups is 1. The summed E-state index contributed by atoms with van der Waals surface area (Å²) in [6.45, 7) is 2.21. The lowest BCUT2D eigenvalue weighted by Crippen LogP contribution is -2.28. The smallest absolute Gasteiger partial charge is 0.337 e. The topological polar surface area (TPSA) is 101 Å². The molecule has 2 aromatic carbocycles. The van der Waals surface area contributed by atoms with Crippen LogP contribution in [0.15, 0.2) is 50.8 Å². The Labute approximate surface area is 204 Å². The summed E-state index contributed by atoms with van der Waals surface area (Å²) >= 11 is 4.69. The van der Waals surface area contributed by atoms with E-state index < -0.39 is 5.97 Å². The first kappa shape index (κ1) is 24.4. The second kappa shape index (κ2) is 11.0. The molecule has 0 bridgehead atoms. The molecule has 10 heteroatoms. The highest BCUT2D eigenvalue weighted by molar-refractivity contribution is 9.10. The fraction of sp³-hybridized carbons (Fsp3) is 0.217. The molecule has 33 heavy (non-hydrogen) atoms. The summed E-state index contributed by atoms with van der Waals surface area (Å²) in [7, 11) is 2.83. The molecule has 0 aromatic heterocycles. The van der Waals surface area contributed by atoms with Gasteiger partial charge in [0.2, 0.25) is 0 Å². The van der Waals surface area contributed by atoms with Crippen LogP contribution in [0.3, 0.4) is 0 Å². The van der Waals surface area contributed by atoms with Crippen molar-refractivity contribution in [3.05, 3.63) is 56.9 Å². The summed E-state index contributed by atoms with van der Waals surface area (Å²) in [6, 6.07) is 12.1. The highest BCUT2D eigenvalue weighted by atomic mass is 79.9. The minimum atomic E-state index is -0.425. The number of ether oxygens (including phenoxy) is 3. The van der Waals surface area contributed by atoms with E-state index in [4.69, 9.17) is 19.5 Å². The third kappa shape index (κ3) is 5.56. The number of hydrogen-bond donors (Lipinski definition) is 0. The second-order valence-corrected chi connectivity index (χ2v) is 8.44. The van der Waals surface area contributed by atoms with Crippen LogP contribution in [0.2, 0.25) is 0 Å². The molecule has 2 aromatic rings. The number of halogens is 1. The molecule has 0 saturated carbocycles. The van der Waals surface area contributed by atoms with Crippen LogP contribution in [-0.4, -0.2) is 49.3 Å². The minimum absolute atomic E-state index is 0.115. The predicted molar refractivity (Wildman–Crippen MR) is 130 cm³/mol. The van der Waals surface area contributed by atoms with Gasteiger partial charge in [0, 0.05) is 6.54 Å². The molecule has 0 spiro atoms. The molecule has 1 heterocycles. The van der Waals surface area contributed by atoms with Crippen molar-refractivity contribution in [1.82, 2.24) is 4.90 Å². The standard InChI is InChI=1S/C23H20BrN3O5S/c1-4-27-21(28)19(13-14-11-17(24)20(32-10-9-25)18(12-14)30-2)33-23(27)26-16-7-5-15(6-8-16)22(29)31-3/h5-8,11-13H,4,10H2,1-3H3/b19-13+,26-23?. The minimum Gasteiger partial charge on any atom is -0.493 e. The number of carbonyl (C=O) groups excluding carboxylic acids is 2. The van der Waals surface area contributed by atoms with Gasteiger partial charge in [-0.1, -0.05) is 0 Å². The third-order valence-electron chi connectivity index (χ3n) is 4.55. The molecule has 1 amide bonds. The normalized spacial score (nSPS) is 15.6. The first-order chi connectivity index (χ1) is 15.9. The molecule has 0 unspecified atom stereocenters. The number of esters is 1. The zero-order valence-corrected chi connectivity index (χ0v) is 20.5. The summed E-state index contributed by atoms with van der Waals surface area (Å²) in [5.41, 5.74) is 1.76. The number of methoxy groups -OCH3 is 2. The van der Waals surface area contributed by atoms with Gasteiger partial charge in [-0.25, -0.2) is 9.79 Å². The van der Waals surface area contributed by atoms with Crippen molar-refractivity contribution in [2.24, 2.45) is 4.99 Å². The van der Waals surface area contributed by atoms with E-state index in [1.165, 1.54) is 26.0 Å². The molecule has 1 aliphatic rings. The van der Waals surface area contributed by atoms with Crippen molar-refractivity contribution in [2.45, 2.75) is 6.92 Å². The highest BCUT2D eigenvalue weighted by Gasteiger charge is 2.32. The number of carbonyl (C=O) groups is 2. The van der Waals surface area contributed by atoms with Crippen LogP contribution in [0.5, 0.6) is 11.5 Å². The van der Waals surface area contributed by atoms with Gasteiger partial charge in [-0.15, -0.1) is 0 Å². The van der Waals surface area contributed by atoms with E-state index in [1.807, 2.05) is 13.0 Å². The van der Waals surface area contributed by atoms with Crippen LogP contribution in [-0.2, 0) is 9.53 Å². The number of amides is 1. The van der Waals surface area contributed by atoms with E-state index in [9.17, 15) is 9.59 Å². The van der Waals surface area contributed by atoms with Gasteiger partial charge in [0.15, 0.2) is 23.3 Å². The maximum atomic E-state index is 13.0. The molecule has 0 aliphatic carbocycles. The summed E-state index contributed by atoms with van der Waals surface area (Å²) in [4.78, 5) is 31.2. The third-order valence-corrected chi connectivity index (χ3v) is 6.14. The Morgan fingerprint density at radius 3 is 2.61 bits per heavy atom. The summed E-state index contributed by atoms with van der Waals surface area (Å²) in [5.74, 6) is 0.270. The van der Waals surface area contributed by atoms with Gasteiger partial charge >= 0.3 is 5.97 Å². The monoisotopic (exact) mass is 529 g/mol. The zero-order chi connectivity index (χ0) is 24.0. The van der Waals surface area contributed by atoms with E-state index in [-0.39, 0.29) is 12.5 Å². The fourth-order valence-corrected chi connectivity index (χ4v) is 4.63. The first-order valence-corrected chi connectivity index (χ1v) is 11.4. The lowest BCUT2D eigenvalue weighted by Gasteiger charge is -2.12. The van der Waals surface area contributed by atoms with Gasteiger partial charge in [0.05, 0.1) is 34.8 Å². The van der Waals surface area contributed by atoms with Crippen LogP contribution in [0.4, 0.5) is 5.69 Å². The average Bonchev–Trinajstić information content (AvgIpc) is 3.11. The van der Waals surface area contributed by atoms with Crippen molar-refractivity contribution >= 4 is 56.5 Å². The van der Waals surface area contributed by atoms with Crippen molar-refractivity contribution in [2.75, 3.05) is 27.4 Å². The van der Waals surface area contributed by atoms with Crippen molar-refractivity contribution in [3.8, 4) is 17.6 Å². The molecule has 1 aliphatic heterocycles. The Morgan fingerprint density at radius 2 is 2.00 bits per heavy atom. The quantitative estimate of drug-likeness (QED) is 0.376. The van der Waals surface area contributed by atoms with E-state index in [0.717, 1.165) is 5.56 Å². The number of amidine groups is 1. The van der Waals surface area contributed by atoms with Crippen LogP contribution in [0.25, 0.3) is 6.08 Å². The second-order valence-electron chi connectivity index (χ2n) is 6.57. The van der Waals surface area contributed by atoms with Crippen molar-refractivity contribution in [3.63, 3.8) is 0 Å². The Morgan fingerprint density at radius 1 is 1.27 bits per heavy atom. The fourth-order valence-electron chi connectivity index (χ4n) is 2.99. The molecule has 1 saturated heterocycles. The Hall–Kier alpha value is -3.29. The predicted octanol–water partition coefficient (Wildman–Crippen LogP) is 4.77. The molecule has 1 fully saturated rings. The summed E-state index contributed by atoms with van der Waals surface area (Å²) < 4.78 is 16.1. The number of likely N-dealkylation sites (N-methyl/N-ethyl adjacent to an activating group) is 1. The van der Waals surface area contributed by atoms with Crippen LogP contribution in [0.1, 0.15) is 22.8 Å². The Bertz CT molecular complexity index is 1170. The zero-order valence-electron chi connectivity index (χ0n) is 18.1. The highest BCUT2D eigenvalue weighted by Crippen LogP contribution is 2.39. The van der Waals surface area contributed by atoms with E-state index in [2.05, 4.69) is 20.9 Å². The van der Waals surface area contributed by atoms with Crippen LogP contribution in [0, 0.1) is 11.3 Å². The van der Waals surface area contributed by atoms with Crippen molar-refractivity contribution in [1.29, 1.82) is 5.26 Å². The number of nitriles is 1. The van der Waals surface area contributed by atoms with Gasteiger partial charge in [0.25, 0.3) is 5.91 Å². The molecule has 0 atom stereocenters. The van der Waals surface area contributed by atoms with Gasteiger partial charge in [-0.3, -0.25) is 9.69 Å². The first-order valence-electron chi connectivity index (χ1n) is 9.77. The average molecular weight is 530 g/mol. The van der Waals surface area contributed by atoms with Crippen molar-refractivity contribution < 1.29 is 23.8 Å². The largest absolute Gasteiger partial charge is 0.493 e. The molecular formula is C23H20BrN3O5S. The number of hydrogen-bond acceptors (Lipinski definition) is 8. The molecule has 3 rings (SSSR count). The number of rotatable bonds is 7. The summed E-state index contributed by atoms with van der Waals surface area (Å²) in [6.07, 6.45) is 1.75. The maximum absolute atomic E-state index is 13.0. The molecule has 8 nitrogen and oxygen atoms in total. The number of thioether (sulfide) groups is 1. The van der Waals surface area contributed by atoms with Gasteiger partial charge in [-0.05, 0) is 82.7 Å². The summed E-state index contributed by atoms with van der Waals surface area (Å²) in [5, 5.41) is 9.31. The van der Waals surface area contributed by atoms with Gasteiger partial charge in [0.1, 0.15) is 6.07 Å². The lowest BCUT2D eigenvalue weighted by molar-refractivity contribution is -0.122. The molecule has 0 radical (unpaired) electrons. The maximum Gasteiger partial charge on any atom is 0.337 e. The van der Waals surface area contributed by atoms with Gasteiger partial charge in [-0.2, -0.15) is 5.26 Å². The van der Waals surface area contributed by atoms with E-state index >= 15 is 0 Å². The SMILES string of the molecule is CCN1C(=O)/C(=C\c2cc(Br)c(OCC#N)c(OC)c2)SC1=Nc1ccc(C(=O)OC)cc1. The Balaban J connectivity index is 1.90. The van der Waals surface area contributed by atoms with E-state index in [1.54, 1.807) is 47.4 Å².